The zero-order chi connectivity index (χ0) is 7.78. The maximum Gasteiger partial charge on any atom is 0.459 e. The quantitative estimate of drug-likeness (QED) is 0.462. The molecule has 0 aromatic carbocycles. The van der Waals surface area contributed by atoms with Crippen molar-refractivity contribution in [2.45, 2.75) is 19.1 Å². The second-order valence-electron chi connectivity index (χ2n) is 1.99. The third-order valence-corrected chi connectivity index (χ3v) is 1.28. The van der Waals surface area contributed by atoms with E-state index in [0.29, 0.717) is 12.8 Å². The third kappa shape index (κ3) is 1.58. The Morgan fingerprint density at radius 3 is 2.22 bits per heavy atom. The Morgan fingerprint density at radius 2 is 2.00 bits per heavy atom. The molecule has 1 fully saturated rings. The van der Waals surface area contributed by atoms with E-state index in [1.165, 1.54) is 0 Å². The summed E-state index contributed by atoms with van der Waals surface area (Å²) in [7, 11) is 0. The Kier molecular flexibility index (Phi) is 1.33. The average molecular weight is 140 g/mol. The van der Waals surface area contributed by atoms with E-state index in [0.717, 1.165) is 0 Å². The van der Waals surface area contributed by atoms with E-state index in [2.05, 4.69) is 0 Å². The summed E-state index contributed by atoms with van der Waals surface area (Å²) in [6.07, 6.45) is -3.49. The van der Waals surface area contributed by atoms with Gasteiger partial charge in [0.1, 0.15) is 0 Å². The van der Waals surface area contributed by atoms with Gasteiger partial charge in [0.15, 0.2) is 0 Å². The first-order valence-corrected chi connectivity index (χ1v) is 2.77. The largest absolute Gasteiger partial charge is 0.459 e. The summed E-state index contributed by atoms with van der Waals surface area (Å²) in [5, 5.41) is 0. The van der Waals surface area contributed by atoms with Crippen LogP contribution in [0.15, 0.2) is 0 Å². The van der Waals surface area contributed by atoms with Gasteiger partial charge in [-0.05, 0) is 12.8 Å². The van der Waals surface area contributed by atoms with Gasteiger partial charge in [0, 0.05) is 14.4 Å². The summed E-state index contributed by atoms with van der Waals surface area (Å²) in [5.74, 6) is 0. The lowest BCUT2D eigenvalue weighted by molar-refractivity contribution is -0.238. The van der Waals surface area contributed by atoms with Crippen LogP contribution < -0.4 is 0 Å². The molecule has 0 N–H and O–H groups in total. The van der Waals surface area contributed by atoms with Crippen LogP contribution in [0.4, 0.5) is 13.2 Å². The van der Waals surface area contributed by atoms with Crippen molar-refractivity contribution in [1.82, 2.24) is 4.90 Å². The second kappa shape index (κ2) is 2.17. The van der Waals surface area contributed by atoms with Crippen LogP contribution >= 0.6 is 0 Å². The number of alkyl halides is 3. The van der Waals surface area contributed by atoms with Crippen molar-refractivity contribution >= 4 is 0 Å². The molecule has 0 spiro atoms. The molecule has 0 saturated carbocycles. The normalized spacial score (nSPS) is 32.8. The van der Waals surface area contributed by atoms with E-state index < -0.39 is 12.8 Å². The van der Waals surface area contributed by atoms with Gasteiger partial charge in [-0.15, -0.1) is 0 Å². The minimum atomic E-state index is -4.30. The van der Waals surface area contributed by atoms with Crippen LogP contribution in [0, 0.1) is 0 Å². The molecule has 4 heteroatoms. The van der Waals surface area contributed by atoms with Gasteiger partial charge in [0.05, 0.1) is 0 Å². The van der Waals surface area contributed by atoms with E-state index in [4.69, 9.17) is 1.37 Å². The molecule has 0 amide bonds. The fourth-order valence-electron chi connectivity index (χ4n) is 0.830. The number of likely N-dealkylation sites (tertiary alicyclic amines) is 1. The highest BCUT2D eigenvalue weighted by atomic mass is 19.4. The molecule has 1 rings (SSSR count). The van der Waals surface area contributed by atoms with Gasteiger partial charge in [-0.25, -0.2) is 4.90 Å². The maximum absolute atomic E-state index is 11.8. The lowest BCUT2D eigenvalue weighted by Crippen LogP contribution is -2.34. The van der Waals surface area contributed by atoms with Gasteiger partial charge in [-0.2, -0.15) is 13.2 Å². The lowest BCUT2D eigenvalue weighted by atomic mass is 10.4. The molecule has 0 radical (unpaired) electrons. The number of nitrogens with zero attached hydrogens (tertiary/aromatic N) is 1. The van der Waals surface area contributed by atoms with Crippen molar-refractivity contribution in [3.63, 3.8) is 0 Å². The van der Waals surface area contributed by atoms with Crippen LogP contribution in [-0.4, -0.2) is 24.3 Å². The standard InChI is InChI=1S/C5H8F3N/c6-5(7,8)9-3-1-2-4-9/h1-4H2/i3D. The Balaban J connectivity index is 2.55. The molecule has 1 nitrogen and oxygen atoms in total. The Bertz CT molecular complexity index is 125. The molecule has 0 bridgehead atoms. The minimum absolute atomic E-state index is 0.0162. The van der Waals surface area contributed by atoms with Gasteiger partial charge in [0.2, 0.25) is 0 Å². The Hall–Kier alpha value is -0.250. The fourth-order valence-corrected chi connectivity index (χ4v) is 0.830. The smallest absolute Gasteiger partial charge is 0.214 e. The molecule has 54 valence electrons. The first kappa shape index (κ1) is 5.53. The SMILES string of the molecule is [2H]C1CCCN1C(F)(F)F. The highest BCUT2D eigenvalue weighted by Gasteiger charge is 2.38. The van der Waals surface area contributed by atoms with Gasteiger partial charge >= 0.3 is 6.30 Å². The lowest BCUT2D eigenvalue weighted by Gasteiger charge is -2.17. The molecule has 1 saturated heterocycles. The van der Waals surface area contributed by atoms with Gasteiger partial charge < -0.3 is 0 Å². The van der Waals surface area contributed by atoms with Crippen LogP contribution in [0.2, 0.25) is 0 Å². The Labute approximate surface area is 52.9 Å². The van der Waals surface area contributed by atoms with Gasteiger partial charge in [-0.1, -0.05) is 0 Å². The van der Waals surface area contributed by atoms with E-state index in [1.54, 1.807) is 0 Å². The number of hydrogen-bond acceptors (Lipinski definition) is 1. The topological polar surface area (TPSA) is 3.24 Å². The molecule has 0 aromatic heterocycles. The van der Waals surface area contributed by atoms with E-state index in [1.807, 2.05) is 0 Å². The molecule has 1 unspecified atom stereocenters. The maximum atomic E-state index is 11.8. The predicted molar refractivity (Wildman–Crippen MR) is 26.9 cm³/mol. The highest BCUT2D eigenvalue weighted by Crippen LogP contribution is 2.25. The fraction of sp³-hybridized carbons (Fsp3) is 1.00. The summed E-state index contributed by atoms with van der Waals surface area (Å²) < 4.78 is 42.4. The van der Waals surface area contributed by atoms with Crippen molar-refractivity contribution in [3.05, 3.63) is 0 Å². The molecule has 1 aliphatic rings. The van der Waals surface area contributed by atoms with Crippen LogP contribution in [0.1, 0.15) is 14.2 Å². The average Bonchev–Trinajstić information content (AvgIpc) is 2.11. The molecule has 0 aliphatic carbocycles. The van der Waals surface area contributed by atoms with Gasteiger partial charge in [0.25, 0.3) is 0 Å². The summed E-state index contributed by atoms with van der Waals surface area (Å²) in [6, 6.07) is 0. The number of halogens is 3. The summed E-state index contributed by atoms with van der Waals surface area (Å²) in [6.45, 7) is -1.09. The van der Waals surface area contributed by atoms with Crippen LogP contribution in [0.5, 0.6) is 0 Å². The summed E-state index contributed by atoms with van der Waals surface area (Å²) >= 11 is 0. The van der Waals surface area contributed by atoms with Gasteiger partial charge in [-0.3, -0.25) is 0 Å². The minimum Gasteiger partial charge on any atom is -0.214 e. The van der Waals surface area contributed by atoms with Crippen LogP contribution in [0.3, 0.4) is 0 Å². The van der Waals surface area contributed by atoms with E-state index >= 15 is 0 Å². The zero-order valence-corrected chi connectivity index (χ0v) is 4.78. The zero-order valence-electron chi connectivity index (χ0n) is 5.78. The van der Waals surface area contributed by atoms with E-state index in [9.17, 15) is 13.2 Å². The molecular weight excluding hydrogens is 131 g/mol. The Morgan fingerprint density at radius 1 is 1.33 bits per heavy atom. The second-order valence-corrected chi connectivity index (χ2v) is 1.99. The molecule has 1 atom stereocenters. The number of hydrogen-bond donors (Lipinski definition) is 0. The summed E-state index contributed by atoms with van der Waals surface area (Å²) in [5.41, 5.74) is 0. The first-order valence-electron chi connectivity index (χ1n) is 3.35. The van der Waals surface area contributed by atoms with Crippen LogP contribution in [-0.2, 0) is 0 Å². The van der Waals surface area contributed by atoms with Crippen LogP contribution in [0.25, 0.3) is 0 Å². The third-order valence-electron chi connectivity index (χ3n) is 1.28. The first-order chi connectivity index (χ1) is 4.52. The predicted octanol–water partition coefficient (Wildman–Crippen LogP) is 1.60. The molecule has 0 aromatic rings. The molecule has 1 aliphatic heterocycles. The van der Waals surface area contributed by atoms with E-state index in [-0.39, 0.29) is 11.4 Å². The molecular formula is C5H8F3N. The molecule has 9 heavy (non-hydrogen) atoms. The summed E-state index contributed by atoms with van der Waals surface area (Å²) in [4.78, 5) is 0.257. The van der Waals surface area contributed by atoms with Crippen molar-refractivity contribution in [1.29, 1.82) is 0 Å². The van der Waals surface area contributed by atoms with Crippen molar-refractivity contribution in [2.24, 2.45) is 0 Å². The van der Waals surface area contributed by atoms with Crippen molar-refractivity contribution < 1.29 is 14.5 Å². The highest BCUT2D eigenvalue weighted by molar-refractivity contribution is 4.67. The number of rotatable bonds is 0. The molecule has 1 heterocycles. The van der Waals surface area contributed by atoms with Crippen molar-refractivity contribution in [3.8, 4) is 0 Å². The monoisotopic (exact) mass is 140 g/mol. The van der Waals surface area contributed by atoms with Crippen molar-refractivity contribution in [2.75, 3.05) is 13.1 Å².